The van der Waals surface area contributed by atoms with Gasteiger partial charge in [-0.05, 0) is 39.3 Å². The van der Waals surface area contributed by atoms with Crippen LogP contribution in [0.5, 0.6) is 0 Å². The molecule has 0 aromatic rings. The maximum absolute atomic E-state index is 8.56. The number of hydrogen-bond acceptors (Lipinski definition) is 3. The first-order valence-electron chi connectivity index (χ1n) is 5.81. The molecular formula is C11H25NO2. The minimum atomic E-state index is 0.335. The Hall–Kier alpha value is -0.120. The summed E-state index contributed by atoms with van der Waals surface area (Å²) in [7, 11) is 0. The number of hydrogen-bond donors (Lipinski definition) is 2. The van der Waals surface area contributed by atoms with E-state index >= 15 is 0 Å². The van der Waals surface area contributed by atoms with Gasteiger partial charge in [-0.1, -0.05) is 12.8 Å². The van der Waals surface area contributed by atoms with Crippen LogP contribution in [-0.4, -0.2) is 38.0 Å². The van der Waals surface area contributed by atoms with Crippen LogP contribution in [-0.2, 0) is 4.74 Å². The van der Waals surface area contributed by atoms with E-state index in [1.54, 1.807) is 0 Å². The molecule has 0 saturated carbocycles. The SMILES string of the molecule is CCOCCCNCCCCCCO. The van der Waals surface area contributed by atoms with Gasteiger partial charge in [0.2, 0.25) is 0 Å². The molecule has 0 amide bonds. The van der Waals surface area contributed by atoms with Gasteiger partial charge >= 0.3 is 0 Å². The van der Waals surface area contributed by atoms with Gasteiger partial charge in [-0.3, -0.25) is 0 Å². The van der Waals surface area contributed by atoms with E-state index in [0.717, 1.165) is 45.6 Å². The Morgan fingerprint density at radius 3 is 2.43 bits per heavy atom. The van der Waals surface area contributed by atoms with Crippen molar-refractivity contribution in [1.29, 1.82) is 0 Å². The molecule has 2 N–H and O–H groups in total. The average molecular weight is 203 g/mol. The largest absolute Gasteiger partial charge is 0.396 e. The highest BCUT2D eigenvalue weighted by Gasteiger charge is 1.90. The Labute approximate surface area is 87.8 Å². The van der Waals surface area contributed by atoms with Gasteiger partial charge < -0.3 is 15.2 Å². The van der Waals surface area contributed by atoms with E-state index in [4.69, 9.17) is 9.84 Å². The lowest BCUT2D eigenvalue weighted by atomic mass is 10.2. The second-order valence-electron chi connectivity index (χ2n) is 3.44. The first kappa shape index (κ1) is 13.9. The van der Waals surface area contributed by atoms with Crippen molar-refractivity contribution >= 4 is 0 Å². The normalized spacial score (nSPS) is 10.7. The van der Waals surface area contributed by atoms with Crippen LogP contribution in [0.2, 0.25) is 0 Å². The van der Waals surface area contributed by atoms with E-state index in [0.29, 0.717) is 6.61 Å². The monoisotopic (exact) mass is 203 g/mol. The molecule has 0 rings (SSSR count). The molecule has 0 radical (unpaired) electrons. The van der Waals surface area contributed by atoms with Gasteiger partial charge in [-0.15, -0.1) is 0 Å². The molecule has 0 aliphatic heterocycles. The number of aliphatic hydroxyl groups is 1. The van der Waals surface area contributed by atoms with Crippen LogP contribution in [0.1, 0.15) is 39.0 Å². The van der Waals surface area contributed by atoms with Gasteiger partial charge in [0.15, 0.2) is 0 Å². The van der Waals surface area contributed by atoms with E-state index in [1.807, 2.05) is 6.92 Å². The molecule has 0 aliphatic rings. The van der Waals surface area contributed by atoms with Crippen LogP contribution in [0.15, 0.2) is 0 Å². The Morgan fingerprint density at radius 2 is 1.71 bits per heavy atom. The molecule has 3 heteroatoms. The van der Waals surface area contributed by atoms with Gasteiger partial charge in [0.1, 0.15) is 0 Å². The summed E-state index contributed by atoms with van der Waals surface area (Å²) in [5, 5.41) is 11.9. The van der Waals surface area contributed by atoms with Crippen LogP contribution < -0.4 is 5.32 Å². The van der Waals surface area contributed by atoms with Gasteiger partial charge in [0.25, 0.3) is 0 Å². The molecule has 0 atom stereocenters. The summed E-state index contributed by atoms with van der Waals surface area (Å²) in [6.45, 7) is 6.20. The minimum Gasteiger partial charge on any atom is -0.396 e. The number of rotatable bonds is 11. The van der Waals surface area contributed by atoms with Crippen molar-refractivity contribution in [3.05, 3.63) is 0 Å². The summed E-state index contributed by atoms with van der Waals surface area (Å²) in [4.78, 5) is 0. The summed E-state index contributed by atoms with van der Waals surface area (Å²) in [5.41, 5.74) is 0. The van der Waals surface area contributed by atoms with Gasteiger partial charge in [0, 0.05) is 19.8 Å². The lowest BCUT2D eigenvalue weighted by Gasteiger charge is -2.04. The van der Waals surface area contributed by atoms with E-state index in [9.17, 15) is 0 Å². The second kappa shape index (κ2) is 12.9. The number of unbranched alkanes of at least 4 members (excludes halogenated alkanes) is 3. The maximum atomic E-state index is 8.56. The van der Waals surface area contributed by atoms with E-state index in [-0.39, 0.29) is 0 Å². The van der Waals surface area contributed by atoms with Crippen molar-refractivity contribution in [2.45, 2.75) is 39.0 Å². The molecule has 0 heterocycles. The topological polar surface area (TPSA) is 41.5 Å². The predicted octanol–water partition coefficient (Wildman–Crippen LogP) is 1.56. The number of ether oxygens (including phenoxy) is 1. The zero-order valence-corrected chi connectivity index (χ0v) is 9.43. The van der Waals surface area contributed by atoms with Crippen molar-refractivity contribution in [2.75, 3.05) is 32.9 Å². The molecule has 86 valence electrons. The van der Waals surface area contributed by atoms with Crippen LogP contribution in [0.25, 0.3) is 0 Å². The quantitative estimate of drug-likeness (QED) is 0.501. The summed E-state index contributed by atoms with van der Waals surface area (Å²) >= 11 is 0. The summed E-state index contributed by atoms with van der Waals surface area (Å²) in [6.07, 6.45) is 5.64. The Bertz CT molecular complexity index is 87.3. The van der Waals surface area contributed by atoms with E-state index in [2.05, 4.69) is 5.32 Å². The lowest BCUT2D eigenvalue weighted by Crippen LogP contribution is -2.18. The van der Waals surface area contributed by atoms with Crippen molar-refractivity contribution in [1.82, 2.24) is 5.32 Å². The summed E-state index contributed by atoms with van der Waals surface area (Å²) in [6, 6.07) is 0. The number of nitrogens with one attached hydrogen (secondary N) is 1. The zero-order valence-electron chi connectivity index (χ0n) is 9.43. The van der Waals surface area contributed by atoms with Crippen molar-refractivity contribution < 1.29 is 9.84 Å². The highest BCUT2D eigenvalue weighted by Crippen LogP contribution is 1.97. The van der Waals surface area contributed by atoms with Gasteiger partial charge in [-0.2, -0.15) is 0 Å². The number of aliphatic hydroxyl groups excluding tert-OH is 1. The predicted molar refractivity (Wildman–Crippen MR) is 59.5 cm³/mol. The third-order valence-corrected chi connectivity index (χ3v) is 2.11. The maximum Gasteiger partial charge on any atom is 0.0477 e. The zero-order chi connectivity index (χ0) is 10.5. The molecule has 3 nitrogen and oxygen atoms in total. The molecule has 0 fully saturated rings. The minimum absolute atomic E-state index is 0.335. The van der Waals surface area contributed by atoms with Gasteiger partial charge in [0.05, 0.1) is 0 Å². The van der Waals surface area contributed by atoms with Crippen molar-refractivity contribution in [3.63, 3.8) is 0 Å². The molecule has 0 aromatic heterocycles. The molecule has 0 aliphatic carbocycles. The smallest absolute Gasteiger partial charge is 0.0477 e. The van der Waals surface area contributed by atoms with Crippen LogP contribution in [0, 0.1) is 0 Å². The van der Waals surface area contributed by atoms with E-state index < -0.39 is 0 Å². The fourth-order valence-corrected chi connectivity index (χ4v) is 1.28. The fraction of sp³-hybridized carbons (Fsp3) is 1.00. The first-order chi connectivity index (χ1) is 6.91. The third kappa shape index (κ3) is 11.9. The third-order valence-electron chi connectivity index (χ3n) is 2.11. The average Bonchev–Trinajstić information content (AvgIpc) is 2.21. The molecular weight excluding hydrogens is 178 g/mol. The Morgan fingerprint density at radius 1 is 1.00 bits per heavy atom. The Kier molecular flexibility index (Phi) is 12.8. The van der Waals surface area contributed by atoms with Gasteiger partial charge in [-0.25, -0.2) is 0 Å². The van der Waals surface area contributed by atoms with Crippen molar-refractivity contribution in [3.8, 4) is 0 Å². The summed E-state index contributed by atoms with van der Waals surface area (Å²) in [5.74, 6) is 0. The Balaban J connectivity index is 2.78. The standard InChI is InChI=1S/C11H25NO2/c1-2-14-11-7-9-12-8-5-3-4-6-10-13/h12-13H,2-11H2,1H3. The van der Waals surface area contributed by atoms with Crippen LogP contribution in [0.3, 0.4) is 0 Å². The molecule has 0 bridgehead atoms. The molecule has 14 heavy (non-hydrogen) atoms. The lowest BCUT2D eigenvalue weighted by molar-refractivity contribution is 0.145. The van der Waals surface area contributed by atoms with Crippen molar-refractivity contribution in [2.24, 2.45) is 0 Å². The van der Waals surface area contributed by atoms with Crippen LogP contribution in [0.4, 0.5) is 0 Å². The summed E-state index contributed by atoms with van der Waals surface area (Å²) < 4.78 is 5.23. The molecule has 0 saturated heterocycles. The highest BCUT2D eigenvalue weighted by molar-refractivity contribution is 4.49. The van der Waals surface area contributed by atoms with Crippen LogP contribution >= 0.6 is 0 Å². The highest BCUT2D eigenvalue weighted by atomic mass is 16.5. The second-order valence-corrected chi connectivity index (χ2v) is 3.44. The molecule has 0 aromatic carbocycles. The molecule has 0 unspecified atom stereocenters. The molecule has 0 spiro atoms. The first-order valence-corrected chi connectivity index (χ1v) is 5.81. The van der Waals surface area contributed by atoms with E-state index in [1.165, 1.54) is 12.8 Å². The fourth-order valence-electron chi connectivity index (χ4n) is 1.28.